The first-order valence-corrected chi connectivity index (χ1v) is 11.9. The van der Waals surface area contributed by atoms with Crippen LogP contribution in [0.1, 0.15) is 11.4 Å². The number of amides is 1. The van der Waals surface area contributed by atoms with Crippen molar-refractivity contribution in [1.82, 2.24) is 14.9 Å². The van der Waals surface area contributed by atoms with E-state index in [1.165, 1.54) is 11.8 Å². The number of methoxy groups -OCH3 is 1. The third-order valence-electron chi connectivity index (χ3n) is 5.36. The maximum atomic E-state index is 13.4. The van der Waals surface area contributed by atoms with Crippen LogP contribution in [0.15, 0.2) is 82.5 Å². The summed E-state index contributed by atoms with van der Waals surface area (Å²) in [6.07, 6.45) is 1.77. The van der Waals surface area contributed by atoms with Crippen LogP contribution >= 0.6 is 24.0 Å². The first kappa shape index (κ1) is 22.8. The van der Waals surface area contributed by atoms with Crippen molar-refractivity contribution in [2.45, 2.75) is 6.61 Å². The molecule has 1 fully saturated rings. The largest absolute Gasteiger partial charge is 0.497 e. The van der Waals surface area contributed by atoms with Crippen molar-refractivity contribution in [2.75, 3.05) is 7.11 Å². The average molecular weight is 502 g/mol. The molecule has 0 spiro atoms. The minimum Gasteiger partial charge on any atom is -0.497 e. The second kappa shape index (κ2) is 9.73. The van der Waals surface area contributed by atoms with Crippen LogP contribution in [0.25, 0.3) is 22.7 Å². The summed E-state index contributed by atoms with van der Waals surface area (Å²) >= 11 is 6.26. The molecule has 5 rings (SSSR count). The average Bonchev–Trinajstić information content (AvgIpc) is 3.20. The quantitative estimate of drug-likeness (QED) is 0.309. The molecule has 1 amide bonds. The van der Waals surface area contributed by atoms with Crippen molar-refractivity contribution < 1.29 is 14.3 Å². The fourth-order valence-corrected chi connectivity index (χ4v) is 4.70. The van der Waals surface area contributed by atoms with Crippen molar-refractivity contribution in [2.24, 2.45) is 0 Å². The molecule has 0 atom stereocenters. The van der Waals surface area contributed by atoms with Gasteiger partial charge in [0.15, 0.2) is 5.82 Å². The fourth-order valence-electron chi connectivity index (χ4n) is 3.65. The van der Waals surface area contributed by atoms with Gasteiger partial charge in [-0.15, -0.1) is 0 Å². The summed E-state index contributed by atoms with van der Waals surface area (Å²) in [4.78, 5) is 30.5. The number of nitrogens with zero attached hydrogens (tertiary/aromatic N) is 2. The number of thiocarbonyl (C=S) groups is 1. The van der Waals surface area contributed by atoms with Crippen LogP contribution in [-0.4, -0.2) is 26.9 Å². The molecule has 3 aromatic carbocycles. The third-order valence-corrected chi connectivity index (χ3v) is 6.53. The minimum absolute atomic E-state index is 0.0824. The van der Waals surface area contributed by atoms with Crippen LogP contribution in [0.3, 0.4) is 0 Å². The lowest BCUT2D eigenvalue weighted by Gasteiger charge is -2.15. The molecule has 1 aliphatic heterocycles. The predicted octanol–water partition coefficient (Wildman–Crippen LogP) is 4.46. The molecule has 9 heteroatoms. The van der Waals surface area contributed by atoms with E-state index in [9.17, 15) is 9.59 Å². The summed E-state index contributed by atoms with van der Waals surface area (Å²) in [7, 11) is 1.59. The van der Waals surface area contributed by atoms with Gasteiger partial charge in [0.25, 0.3) is 11.5 Å². The Morgan fingerprint density at radius 3 is 2.40 bits per heavy atom. The van der Waals surface area contributed by atoms with Gasteiger partial charge in [0.1, 0.15) is 22.4 Å². The molecule has 0 saturated carbocycles. The standard InChI is InChI=1S/C26H19N3O4S2/c1-32-18-12-8-17(9-13-18)29-23(27-21-5-3-2-4-20(21)25(29)31)15-33-19-10-6-16(7-11-19)14-22-24(30)28-26(34)35-22/h2-14H,15H2,1H3,(H,28,30,34). The van der Waals surface area contributed by atoms with Gasteiger partial charge in [0.2, 0.25) is 0 Å². The van der Waals surface area contributed by atoms with Gasteiger partial charge in [0, 0.05) is 0 Å². The lowest BCUT2D eigenvalue weighted by atomic mass is 10.2. The van der Waals surface area contributed by atoms with E-state index in [-0.39, 0.29) is 18.1 Å². The summed E-state index contributed by atoms with van der Waals surface area (Å²) in [6, 6.07) is 21.8. The molecule has 7 nitrogen and oxygen atoms in total. The molecule has 2 heterocycles. The lowest BCUT2D eigenvalue weighted by Crippen LogP contribution is -2.25. The molecule has 4 aromatic rings. The van der Waals surface area contributed by atoms with Gasteiger partial charge in [-0.2, -0.15) is 0 Å². The number of thioether (sulfide) groups is 1. The molecular weight excluding hydrogens is 482 g/mol. The number of aromatic nitrogens is 2. The van der Waals surface area contributed by atoms with Gasteiger partial charge in [-0.25, -0.2) is 4.98 Å². The van der Waals surface area contributed by atoms with Crippen molar-refractivity contribution in [3.63, 3.8) is 0 Å². The SMILES string of the molecule is COc1ccc(-n2c(COc3ccc(C=C4SC(=S)NC4=O)cc3)nc3ccccc3c2=O)cc1. The normalized spacial score (nSPS) is 14.4. The maximum absolute atomic E-state index is 13.4. The Bertz CT molecular complexity index is 1530. The van der Waals surface area contributed by atoms with E-state index in [2.05, 4.69) is 5.32 Å². The maximum Gasteiger partial charge on any atom is 0.266 e. The molecule has 0 bridgehead atoms. The van der Waals surface area contributed by atoms with Gasteiger partial charge >= 0.3 is 0 Å². The molecule has 0 radical (unpaired) electrons. The van der Waals surface area contributed by atoms with Crippen LogP contribution in [-0.2, 0) is 11.4 Å². The lowest BCUT2D eigenvalue weighted by molar-refractivity contribution is -0.115. The number of ether oxygens (including phenoxy) is 2. The number of fused-ring (bicyclic) bond motifs is 1. The first-order chi connectivity index (χ1) is 17.0. The number of carbonyl (C=O) groups is 1. The highest BCUT2D eigenvalue weighted by Gasteiger charge is 2.21. The minimum atomic E-state index is -0.195. The number of hydrogen-bond donors (Lipinski definition) is 1. The van der Waals surface area contributed by atoms with E-state index in [0.717, 1.165) is 5.56 Å². The number of hydrogen-bond acceptors (Lipinski definition) is 7. The predicted molar refractivity (Wildman–Crippen MR) is 141 cm³/mol. The summed E-state index contributed by atoms with van der Waals surface area (Å²) < 4.78 is 13.2. The molecule has 1 aromatic heterocycles. The second-order valence-corrected chi connectivity index (χ2v) is 9.31. The number of carbonyl (C=O) groups excluding carboxylic acids is 1. The molecule has 0 aliphatic carbocycles. The Kier molecular flexibility index (Phi) is 6.35. The van der Waals surface area contributed by atoms with E-state index >= 15 is 0 Å². The van der Waals surface area contributed by atoms with Gasteiger partial charge in [-0.1, -0.05) is 48.2 Å². The molecule has 1 N–H and O–H groups in total. The Balaban J connectivity index is 1.43. The smallest absolute Gasteiger partial charge is 0.266 e. The number of benzene rings is 3. The molecular formula is C26H19N3O4S2. The number of para-hydroxylation sites is 1. The summed E-state index contributed by atoms with van der Waals surface area (Å²) in [5.74, 6) is 1.57. The zero-order valence-corrected chi connectivity index (χ0v) is 20.2. The zero-order chi connectivity index (χ0) is 24.4. The molecule has 35 heavy (non-hydrogen) atoms. The summed E-state index contributed by atoms with van der Waals surface area (Å²) in [6.45, 7) is 0.0824. The van der Waals surface area contributed by atoms with Crippen LogP contribution in [0.4, 0.5) is 0 Å². The Morgan fingerprint density at radius 1 is 1.00 bits per heavy atom. The van der Waals surface area contributed by atoms with Gasteiger partial charge in [0.05, 0.1) is 28.6 Å². The van der Waals surface area contributed by atoms with E-state index in [1.54, 1.807) is 48.1 Å². The topological polar surface area (TPSA) is 82.4 Å². The van der Waals surface area contributed by atoms with Crippen molar-refractivity contribution in [3.8, 4) is 17.2 Å². The van der Waals surface area contributed by atoms with Crippen LogP contribution < -0.4 is 20.3 Å². The van der Waals surface area contributed by atoms with Crippen molar-refractivity contribution in [1.29, 1.82) is 0 Å². The van der Waals surface area contributed by atoms with Crippen LogP contribution in [0.5, 0.6) is 11.5 Å². The summed E-state index contributed by atoms with van der Waals surface area (Å²) in [5, 5.41) is 3.13. The monoisotopic (exact) mass is 501 g/mol. The molecule has 1 saturated heterocycles. The molecule has 1 aliphatic rings. The van der Waals surface area contributed by atoms with Crippen molar-refractivity contribution >= 4 is 51.2 Å². The Hall–Kier alpha value is -3.95. The third kappa shape index (κ3) is 4.82. The van der Waals surface area contributed by atoms with Gasteiger partial charge in [-0.05, 0) is 60.2 Å². The summed E-state index contributed by atoms with van der Waals surface area (Å²) in [5.41, 5.74) is 1.94. The first-order valence-electron chi connectivity index (χ1n) is 10.6. The van der Waals surface area contributed by atoms with Crippen LogP contribution in [0.2, 0.25) is 0 Å². The van der Waals surface area contributed by atoms with E-state index in [1.807, 2.05) is 42.5 Å². The van der Waals surface area contributed by atoms with E-state index in [0.29, 0.717) is 43.1 Å². The van der Waals surface area contributed by atoms with Crippen LogP contribution in [0, 0.1) is 0 Å². The van der Waals surface area contributed by atoms with Crippen molar-refractivity contribution in [3.05, 3.63) is 99.4 Å². The Labute approximate surface area is 210 Å². The van der Waals surface area contributed by atoms with E-state index in [4.69, 9.17) is 26.7 Å². The second-order valence-electron chi connectivity index (χ2n) is 7.59. The van der Waals surface area contributed by atoms with Gasteiger partial charge in [-0.3, -0.25) is 14.2 Å². The van der Waals surface area contributed by atoms with Gasteiger partial charge < -0.3 is 14.8 Å². The highest BCUT2D eigenvalue weighted by atomic mass is 32.2. The fraction of sp³-hybridized carbons (Fsp3) is 0.0769. The zero-order valence-electron chi connectivity index (χ0n) is 18.6. The molecule has 0 unspecified atom stereocenters. The molecule has 174 valence electrons. The highest BCUT2D eigenvalue weighted by Crippen LogP contribution is 2.26. The number of rotatable bonds is 6. The number of nitrogens with one attached hydrogen (secondary N) is 1. The van der Waals surface area contributed by atoms with E-state index < -0.39 is 0 Å². The highest BCUT2D eigenvalue weighted by molar-refractivity contribution is 8.26. The Morgan fingerprint density at radius 2 is 1.71 bits per heavy atom.